The van der Waals surface area contributed by atoms with Gasteiger partial charge in [0.25, 0.3) is 0 Å². The van der Waals surface area contributed by atoms with Crippen LogP contribution in [0.5, 0.6) is 0 Å². The number of amides is 1. The van der Waals surface area contributed by atoms with Crippen LogP contribution in [0.2, 0.25) is 0 Å². The summed E-state index contributed by atoms with van der Waals surface area (Å²) in [6, 6.07) is -0.620. The molecule has 0 fully saturated rings. The Morgan fingerprint density at radius 2 is 2.00 bits per heavy atom. The third kappa shape index (κ3) is 7.70. The third-order valence-electron chi connectivity index (χ3n) is 2.25. The normalized spacial score (nSPS) is 12.3. The fraction of sp³-hybridized carbons (Fsp3) is 0.818. The van der Waals surface area contributed by atoms with Gasteiger partial charge in [0.15, 0.2) is 0 Å². The molecule has 0 bridgehead atoms. The van der Waals surface area contributed by atoms with Crippen molar-refractivity contribution in [3.05, 3.63) is 0 Å². The standard InChI is InChI=1S/C11H22N2O4/c1-9(14)12-10(11(15)17-4)8-13(2)6-5-7-16-3/h10H,5-8H2,1-4H3,(H,12,14). The smallest absolute Gasteiger partial charge is 0.329 e. The van der Waals surface area contributed by atoms with E-state index in [2.05, 4.69) is 10.1 Å². The van der Waals surface area contributed by atoms with Crippen LogP contribution in [0.4, 0.5) is 0 Å². The lowest BCUT2D eigenvalue weighted by molar-refractivity contribution is -0.145. The van der Waals surface area contributed by atoms with Gasteiger partial charge in [0.05, 0.1) is 7.11 Å². The number of carbonyl (C=O) groups is 2. The largest absolute Gasteiger partial charge is 0.467 e. The van der Waals surface area contributed by atoms with E-state index in [0.29, 0.717) is 13.2 Å². The van der Waals surface area contributed by atoms with E-state index in [0.717, 1.165) is 13.0 Å². The van der Waals surface area contributed by atoms with Crippen molar-refractivity contribution in [1.82, 2.24) is 10.2 Å². The van der Waals surface area contributed by atoms with Gasteiger partial charge in [-0.2, -0.15) is 0 Å². The minimum Gasteiger partial charge on any atom is -0.467 e. The monoisotopic (exact) mass is 246 g/mol. The SMILES string of the molecule is COCCCN(C)CC(NC(C)=O)C(=O)OC. The summed E-state index contributed by atoms with van der Waals surface area (Å²) in [5, 5.41) is 2.57. The van der Waals surface area contributed by atoms with Crippen molar-refractivity contribution >= 4 is 11.9 Å². The molecule has 1 unspecified atom stereocenters. The number of likely N-dealkylation sites (N-methyl/N-ethyl adjacent to an activating group) is 1. The van der Waals surface area contributed by atoms with Gasteiger partial charge in [-0.3, -0.25) is 4.79 Å². The molecular weight excluding hydrogens is 224 g/mol. The number of nitrogens with zero attached hydrogens (tertiary/aromatic N) is 1. The summed E-state index contributed by atoms with van der Waals surface area (Å²) in [6.45, 7) is 3.27. The van der Waals surface area contributed by atoms with E-state index in [1.165, 1.54) is 14.0 Å². The van der Waals surface area contributed by atoms with Crippen LogP contribution in [0.1, 0.15) is 13.3 Å². The van der Waals surface area contributed by atoms with Gasteiger partial charge in [-0.1, -0.05) is 0 Å². The quantitative estimate of drug-likeness (QED) is 0.467. The molecule has 0 aliphatic carbocycles. The minimum absolute atomic E-state index is 0.245. The van der Waals surface area contributed by atoms with E-state index in [-0.39, 0.29) is 5.91 Å². The number of ether oxygens (including phenoxy) is 2. The van der Waals surface area contributed by atoms with Gasteiger partial charge in [0.2, 0.25) is 5.91 Å². The molecule has 1 N–H and O–H groups in total. The fourth-order valence-corrected chi connectivity index (χ4v) is 1.45. The number of methoxy groups -OCH3 is 2. The molecular formula is C11H22N2O4. The summed E-state index contributed by atoms with van der Waals surface area (Å²) in [7, 11) is 4.84. The molecule has 0 spiro atoms. The first-order valence-electron chi connectivity index (χ1n) is 5.53. The van der Waals surface area contributed by atoms with Crippen molar-refractivity contribution in [2.24, 2.45) is 0 Å². The van der Waals surface area contributed by atoms with Crippen LogP contribution in [-0.2, 0) is 19.1 Å². The second-order valence-electron chi connectivity index (χ2n) is 3.88. The third-order valence-corrected chi connectivity index (χ3v) is 2.25. The van der Waals surface area contributed by atoms with Gasteiger partial charge < -0.3 is 19.7 Å². The summed E-state index contributed by atoms with van der Waals surface area (Å²) in [6.07, 6.45) is 0.876. The molecule has 0 aliphatic rings. The van der Waals surface area contributed by atoms with Crippen LogP contribution >= 0.6 is 0 Å². The number of carbonyl (C=O) groups excluding carboxylic acids is 2. The van der Waals surface area contributed by atoms with Gasteiger partial charge in [0.1, 0.15) is 6.04 Å². The van der Waals surface area contributed by atoms with Gasteiger partial charge in [-0.15, -0.1) is 0 Å². The molecule has 0 aromatic carbocycles. The van der Waals surface area contributed by atoms with Crippen LogP contribution in [0.15, 0.2) is 0 Å². The molecule has 6 heteroatoms. The van der Waals surface area contributed by atoms with Crippen molar-refractivity contribution in [3.8, 4) is 0 Å². The minimum atomic E-state index is -0.620. The summed E-state index contributed by atoms with van der Waals surface area (Å²) in [4.78, 5) is 24.3. The van der Waals surface area contributed by atoms with Gasteiger partial charge >= 0.3 is 5.97 Å². The molecule has 0 radical (unpaired) electrons. The molecule has 1 atom stereocenters. The van der Waals surface area contributed by atoms with Gasteiger partial charge in [-0.25, -0.2) is 4.79 Å². The first kappa shape index (κ1) is 15.9. The molecule has 100 valence electrons. The molecule has 1 amide bonds. The van der Waals surface area contributed by atoms with Crippen LogP contribution < -0.4 is 5.32 Å². The van der Waals surface area contributed by atoms with E-state index in [4.69, 9.17) is 4.74 Å². The molecule has 0 saturated carbocycles. The number of hydrogen-bond acceptors (Lipinski definition) is 5. The zero-order valence-corrected chi connectivity index (χ0v) is 11.0. The second-order valence-corrected chi connectivity index (χ2v) is 3.88. The topological polar surface area (TPSA) is 67.9 Å². The Kier molecular flexibility index (Phi) is 8.35. The van der Waals surface area contributed by atoms with Gasteiger partial charge in [0, 0.05) is 33.7 Å². The van der Waals surface area contributed by atoms with Crippen LogP contribution in [0.25, 0.3) is 0 Å². The van der Waals surface area contributed by atoms with E-state index in [9.17, 15) is 9.59 Å². The van der Waals surface area contributed by atoms with Crippen LogP contribution in [0, 0.1) is 0 Å². The lowest BCUT2D eigenvalue weighted by atomic mass is 10.2. The summed E-state index contributed by atoms with van der Waals surface area (Å²) in [5.41, 5.74) is 0. The number of nitrogens with one attached hydrogen (secondary N) is 1. The van der Waals surface area contributed by atoms with Crippen molar-refractivity contribution in [1.29, 1.82) is 0 Å². The highest BCUT2D eigenvalue weighted by Crippen LogP contribution is 1.95. The maximum Gasteiger partial charge on any atom is 0.329 e. The maximum absolute atomic E-state index is 11.4. The molecule has 0 heterocycles. The van der Waals surface area contributed by atoms with Gasteiger partial charge in [-0.05, 0) is 13.5 Å². The van der Waals surface area contributed by atoms with Crippen LogP contribution in [0.3, 0.4) is 0 Å². The average molecular weight is 246 g/mol. The summed E-state index contributed by atoms with van der Waals surface area (Å²) < 4.78 is 9.58. The fourth-order valence-electron chi connectivity index (χ4n) is 1.45. The van der Waals surface area contributed by atoms with E-state index < -0.39 is 12.0 Å². The summed E-state index contributed by atoms with van der Waals surface area (Å²) >= 11 is 0. The number of esters is 1. The first-order chi connectivity index (χ1) is 8.01. The molecule has 17 heavy (non-hydrogen) atoms. The molecule has 0 rings (SSSR count). The molecule has 0 aliphatic heterocycles. The van der Waals surface area contributed by atoms with Crippen molar-refractivity contribution < 1.29 is 19.1 Å². The Morgan fingerprint density at radius 1 is 1.35 bits per heavy atom. The highest BCUT2D eigenvalue weighted by molar-refractivity contribution is 5.83. The Balaban J connectivity index is 4.12. The highest BCUT2D eigenvalue weighted by atomic mass is 16.5. The predicted molar refractivity (Wildman–Crippen MR) is 63.6 cm³/mol. The predicted octanol–water partition coefficient (Wildman–Crippen LogP) is -0.368. The first-order valence-corrected chi connectivity index (χ1v) is 5.53. The van der Waals surface area contributed by atoms with Crippen molar-refractivity contribution in [2.45, 2.75) is 19.4 Å². The Morgan fingerprint density at radius 3 is 2.47 bits per heavy atom. The van der Waals surface area contributed by atoms with E-state index >= 15 is 0 Å². The van der Waals surface area contributed by atoms with E-state index in [1.807, 2.05) is 11.9 Å². The Bertz CT molecular complexity index is 246. The second kappa shape index (κ2) is 8.95. The molecule has 6 nitrogen and oxygen atoms in total. The number of hydrogen-bond donors (Lipinski definition) is 1. The van der Waals surface area contributed by atoms with Crippen molar-refractivity contribution in [2.75, 3.05) is 41.0 Å². The summed E-state index contributed by atoms with van der Waals surface area (Å²) in [5.74, 6) is -0.676. The van der Waals surface area contributed by atoms with E-state index in [1.54, 1.807) is 7.11 Å². The molecule has 0 aromatic heterocycles. The number of rotatable bonds is 8. The van der Waals surface area contributed by atoms with Crippen LogP contribution in [-0.4, -0.2) is 63.8 Å². The zero-order valence-electron chi connectivity index (χ0n) is 11.0. The average Bonchev–Trinajstić information content (AvgIpc) is 2.27. The lowest BCUT2D eigenvalue weighted by Crippen LogP contribution is -2.47. The molecule has 0 saturated heterocycles. The highest BCUT2D eigenvalue weighted by Gasteiger charge is 2.21. The molecule has 0 aromatic rings. The zero-order chi connectivity index (χ0) is 13.3. The van der Waals surface area contributed by atoms with Crippen molar-refractivity contribution in [3.63, 3.8) is 0 Å². The Hall–Kier alpha value is -1.14. The Labute approximate surface area is 102 Å². The lowest BCUT2D eigenvalue weighted by Gasteiger charge is -2.22. The maximum atomic E-state index is 11.4.